The lowest BCUT2D eigenvalue weighted by Gasteiger charge is -2.46. The maximum absolute atomic E-state index is 13.1. The van der Waals surface area contributed by atoms with Gasteiger partial charge in [0.25, 0.3) is 5.91 Å². The molecule has 1 saturated carbocycles. The van der Waals surface area contributed by atoms with Crippen molar-refractivity contribution in [2.45, 2.75) is 57.3 Å². The molecule has 3 fully saturated rings. The Hall–Kier alpha value is -2.82. The van der Waals surface area contributed by atoms with Crippen LogP contribution in [0.25, 0.3) is 11.4 Å². The van der Waals surface area contributed by atoms with Crippen molar-refractivity contribution >= 4 is 11.8 Å². The Kier molecular flexibility index (Phi) is 6.61. The molecule has 2 saturated heterocycles. The first-order valence-corrected chi connectivity index (χ1v) is 12.5. The molecule has 3 unspecified atom stereocenters. The summed E-state index contributed by atoms with van der Waals surface area (Å²) in [6.45, 7) is 6.17. The Morgan fingerprint density at radius 3 is 2.57 bits per heavy atom. The van der Waals surface area contributed by atoms with Gasteiger partial charge in [-0.25, -0.2) is 0 Å². The van der Waals surface area contributed by atoms with Gasteiger partial charge in [0.2, 0.25) is 17.6 Å². The largest absolute Gasteiger partial charge is 0.395 e. The van der Waals surface area contributed by atoms with E-state index in [1.54, 1.807) is 12.1 Å². The smallest absolute Gasteiger partial charge is 0.253 e. The van der Waals surface area contributed by atoms with Gasteiger partial charge in [0.15, 0.2) is 0 Å². The summed E-state index contributed by atoms with van der Waals surface area (Å²) in [5, 5.41) is 20.3. The van der Waals surface area contributed by atoms with Crippen LogP contribution in [0.2, 0.25) is 0 Å². The van der Waals surface area contributed by atoms with Crippen LogP contribution in [0.5, 0.6) is 0 Å². The molecule has 10 nitrogen and oxygen atoms in total. The molecule has 3 atom stereocenters. The van der Waals surface area contributed by atoms with Crippen molar-refractivity contribution < 1.29 is 19.2 Å². The fourth-order valence-corrected chi connectivity index (χ4v) is 5.14. The maximum atomic E-state index is 13.1. The number of hydrogen-bond donors (Lipinski definition) is 3. The quantitative estimate of drug-likeness (QED) is 0.583. The van der Waals surface area contributed by atoms with Gasteiger partial charge in [-0.15, -0.1) is 0 Å². The second kappa shape index (κ2) is 9.67. The molecule has 2 amide bonds. The first kappa shape index (κ1) is 23.9. The molecule has 35 heavy (non-hydrogen) atoms. The van der Waals surface area contributed by atoms with E-state index in [9.17, 15) is 14.7 Å². The van der Waals surface area contributed by atoms with Crippen molar-refractivity contribution in [1.82, 2.24) is 30.6 Å². The van der Waals surface area contributed by atoms with Gasteiger partial charge in [0.1, 0.15) is 6.29 Å². The van der Waals surface area contributed by atoms with E-state index in [1.165, 1.54) is 6.42 Å². The van der Waals surface area contributed by atoms with Crippen LogP contribution in [0.15, 0.2) is 28.8 Å². The zero-order chi connectivity index (χ0) is 24.6. The first-order chi connectivity index (χ1) is 16.9. The number of nitrogens with zero attached hydrogens (tertiary/aromatic N) is 4. The number of benzene rings is 1. The molecule has 3 heterocycles. The van der Waals surface area contributed by atoms with E-state index in [4.69, 9.17) is 4.52 Å². The first-order valence-electron chi connectivity index (χ1n) is 12.5. The predicted octanol–water partition coefficient (Wildman–Crippen LogP) is 1.33. The van der Waals surface area contributed by atoms with Gasteiger partial charge in [-0.05, 0) is 38.8 Å². The van der Waals surface area contributed by atoms with Gasteiger partial charge in [0, 0.05) is 43.3 Å². The minimum atomic E-state index is -0.614. The number of carbonyl (C=O) groups excluding carboxylic acids is 2. The second-order valence-corrected chi connectivity index (χ2v) is 10.4. The highest BCUT2D eigenvalue weighted by molar-refractivity contribution is 5.94. The number of aliphatic hydroxyl groups excluding tert-OH is 1. The van der Waals surface area contributed by atoms with Gasteiger partial charge >= 0.3 is 0 Å². The van der Waals surface area contributed by atoms with Crippen LogP contribution in [-0.2, 0) is 10.2 Å². The average Bonchev–Trinajstić information content (AvgIpc) is 3.40. The van der Waals surface area contributed by atoms with Crippen molar-refractivity contribution in [3.05, 3.63) is 35.7 Å². The number of fused-ring (bicyclic) bond motifs is 1. The SMILES string of the molecule is CC(C)(CO)c1nc(-c2ccc(C(=O)N3CCN(C4NC(=O)C5CCCCC5N4)CC3)cc2)no1. The number of nitrogens with one attached hydrogen (secondary N) is 2. The summed E-state index contributed by atoms with van der Waals surface area (Å²) < 4.78 is 5.31. The number of hydrogen-bond acceptors (Lipinski definition) is 8. The van der Waals surface area contributed by atoms with E-state index in [0.717, 1.165) is 24.8 Å². The Balaban J connectivity index is 1.17. The molecular weight excluding hydrogens is 448 g/mol. The standard InChI is InChI=1S/C25H34N6O4/c1-25(2,15-32)23-27-20(29-35-23)16-7-9-17(10-8-16)22(34)30-11-13-31(14-12-30)24-26-19-6-4-3-5-18(19)21(33)28-24/h7-10,18-19,24,26,32H,3-6,11-15H2,1-2H3,(H,28,33). The number of rotatable bonds is 5. The molecular formula is C25H34N6O4. The third kappa shape index (κ3) is 4.82. The summed E-state index contributed by atoms with van der Waals surface area (Å²) in [6, 6.07) is 7.44. The summed E-state index contributed by atoms with van der Waals surface area (Å²) in [7, 11) is 0. The van der Waals surface area contributed by atoms with Crippen molar-refractivity contribution in [3.8, 4) is 11.4 Å². The van der Waals surface area contributed by atoms with Crippen LogP contribution in [0.4, 0.5) is 0 Å². The van der Waals surface area contributed by atoms with Crippen molar-refractivity contribution in [1.29, 1.82) is 0 Å². The van der Waals surface area contributed by atoms with Crippen LogP contribution >= 0.6 is 0 Å². The highest BCUT2D eigenvalue weighted by Gasteiger charge is 2.40. The number of amides is 2. The van der Waals surface area contributed by atoms with E-state index in [0.29, 0.717) is 43.5 Å². The zero-order valence-electron chi connectivity index (χ0n) is 20.4. The zero-order valence-corrected chi connectivity index (χ0v) is 20.4. The summed E-state index contributed by atoms with van der Waals surface area (Å²) in [6.07, 6.45) is 4.15. The molecule has 0 radical (unpaired) electrons. The molecule has 0 bridgehead atoms. The van der Waals surface area contributed by atoms with Crippen molar-refractivity contribution in [2.24, 2.45) is 5.92 Å². The molecule has 0 spiro atoms. The predicted molar refractivity (Wildman–Crippen MR) is 128 cm³/mol. The monoisotopic (exact) mass is 482 g/mol. The Morgan fingerprint density at radius 2 is 1.86 bits per heavy atom. The highest BCUT2D eigenvalue weighted by Crippen LogP contribution is 2.28. The van der Waals surface area contributed by atoms with Crippen LogP contribution in [0.1, 0.15) is 55.8 Å². The molecule has 188 valence electrons. The number of aliphatic hydroxyl groups is 1. The summed E-state index contributed by atoms with van der Waals surface area (Å²) in [5.41, 5.74) is 0.739. The van der Waals surface area contributed by atoms with Gasteiger partial charge in [-0.1, -0.05) is 30.1 Å². The topological polar surface area (TPSA) is 124 Å². The average molecular weight is 483 g/mol. The maximum Gasteiger partial charge on any atom is 0.253 e. The van der Waals surface area contributed by atoms with Crippen molar-refractivity contribution in [3.63, 3.8) is 0 Å². The number of carbonyl (C=O) groups is 2. The Labute approximate surface area is 205 Å². The van der Waals surface area contributed by atoms with E-state index >= 15 is 0 Å². The molecule has 1 aliphatic carbocycles. The fourth-order valence-electron chi connectivity index (χ4n) is 5.14. The van der Waals surface area contributed by atoms with E-state index in [1.807, 2.05) is 30.9 Å². The molecule has 3 aliphatic rings. The van der Waals surface area contributed by atoms with Gasteiger partial charge in [-0.3, -0.25) is 19.8 Å². The molecule has 1 aromatic carbocycles. The third-order valence-electron chi connectivity index (χ3n) is 7.51. The lowest BCUT2D eigenvalue weighted by Crippen LogP contribution is -2.69. The van der Waals surface area contributed by atoms with Gasteiger partial charge < -0.3 is 19.8 Å². The van der Waals surface area contributed by atoms with E-state index in [-0.39, 0.29) is 36.7 Å². The van der Waals surface area contributed by atoms with Crippen LogP contribution in [0.3, 0.4) is 0 Å². The third-order valence-corrected chi connectivity index (χ3v) is 7.51. The Bertz CT molecular complexity index is 1060. The van der Waals surface area contributed by atoms with Gasteiger partial charge in [0.05, 0.1) is 17.9 Å². The normalized spacial score (nSPS) is 25.7. The summed E-state index contributed by atoms with van der Waals surface area (Å²) in [5.74, 6) is 1.03. The highest BCUT2D eigenvalue weighted by atomic mass is 16.5. The molecule has 5 rings (SSSR count). The molecule has 3 N–H and O–H groups in total. The molecule has 1 aromatic heterocycles. The molecule has 10 heteroatoms. The van der Waals surface area contributed by atoms with E-state index < -0.39 is 5.41 Å². The summed E-state index contributed by atoms with van der Waals surface area (Å²) in [4.78, 5) is 34.1. The molecule has 2 aliphatic heterocycles. The van der Waals surface area contributed by atoms with Crippen LogP contribution in [-0.4, -0.2) is 82.0 Å². The number of aromatic nitrogens is 2. The van der Waals surface area contributed by atoms with Crippen molar-refractivity contribution in [2.75, 3.05) is 32.8 Å². The van der Waals surface area contributed by atoms with Crippen LogP contribution in [0, 0.1) is 5.92 Å². The summed E-state index contributed by atoms with van der Waals surface area (Å²) >= 11 is 0. The molecule has 2 aromatic rings. The minimum Gasteiger partial charge on any atom is -0.395 e. The Morgan fingerprint density at radius 1 is 1.14 bits per heavy atom. The minimum absolute atomic E-state index is 0.0144. The van der Waals surface area contributed by atoms with Crippen LogP contribution < -0.4 is 10.6 Å². The fraction of sp³-hybridized carbons (Fsp3) is 0.600. The lowest BCUT2D eigenvalue weighted by molar-refractivity contribution is -0.134. The van der Waals surface area contributed by atoms with E-state index in [2.05, 4.69) is 25.7 Å². The van der Waals surface area contributed by atoms with Gasteiger partial charge in [-0.2, -0.15) is 4.98 Å². The number of piperazine rings is 1. The second-order valence-electron chi connectivity index (χ2n) is 10.4. The lowest BCUT2D eigenvalue weighted by atomic mass is 9.82.